The van der Waals surface area contributed by atoms with E-state index in [-0.39, 0.29) is 11.1 Å². The molecule has 0 saturated carbocycles. The molecule has 0 spiro atoms. The lowest BCUT2D eigenvalue weighted by Gasteiger charge is -2.20. The molecule has 20 heavy (non-hydrogen) atoms. The molecule has 0 unspecified atom stereocenters. The predicted octanol–water partition coefficient (Wildman–Crippen LogP) is 2.63. The fraction of sp³-hybridized carbons (Fsp3) is 0.375. The second-order valence-corrected chi connectivity index (χ2v) is 6.06. The lowest BCUT2D eigenvalue weighted by molar-refractivity contribution is 0.421. The van der Waals surface area contributed by atoms with Crippen molar-refractivity contribution in [2.75, 3.05) is 0 Å². The van der Waals surface area contributed by atoms with Crippen LogP contribution in [0.2, 0.25) is 0 Å². The number of hydrogen-bond donors (Lipinski definition) is 2. The van der Waals surface area contributed by atoms with Crippen molar-refractivity contribution in [2.45, 2.75) is 39.8 Å². The first kappa shape index (κ1) is 14.5. The third-order valence-corrected chi connectivity index (χ3v) is 2.89. The van der Waals surface area contributed by atoms with Crippen LogP contribution in [0.15, 0.2) is 35.1 Å². The number of aromatic amines is 1. The van der Waals surface area contributed by atoms with Crippen LogP contribution in [0, 0.1) is 6.92 Å². The van der Waals surface area contributed by atoms with E-state index < -0.39 is 0 Å². The molecule has 4 nitrogen and oxygen atoms in total. The summed E-state index contributed by atoms with van der Waals surface area (Å²) < 4.78 is 0. The molecule has 0 atom stereocenters. The Labute approximate surface area is 119 Å². The van der Waals surface area contributed by atoms with Gasteiger partial charge in [0, 0.05) is 23.7 Å². The number of aromatic nitrogens is 2. The molecule has 0 bridgehead atoms. The fourth-order valence-corrected chi connectivity index (χ4v) is 1.88. The molecule has 0 saturated heterocycles. The van der Waals surface area contributed by atoms with Crippen molar-refractivity contribution in [1.82, 2.24) is 15.3 Å². The number of aryl methyl sites for hydroxylation is 1. The Morgan fingerprint density at radius 3 is 2.65 bits per heavy atom. The molecular formula is C16H21N3O. The lowest BCUT2D eigenvalue weighted by Crippen LogP contribution is -2.35. The van der Waals surface area contributed by atoms with Crippen LogP contribution in [-0.4, -0.2) is 15.5 Å². The Bertz CT molecular complexity index is 653. The van der Waals surface area contributed by atoms with E-state index >= 15 is 0 Å². The van der Waals surface area contributed by atoms with E-state index in [9.17, 15) is 4.79 Å². The van der Waals surface area contributed by atoms with Gasteiger partial charge in [-0.1, -0.05) is 23.8 Å². The van der Waals surface area contributed by atoms with Gasteiger partial charge in [-0.15, -0.1) is 0 Å². The highest BCUT2D eigenvalue weighted by Gasteiger charge is 2.10. The van der Waals surface area contributed by atoms with Gasteiger partial charge in [0.25, 0.3) is 5.56 Å². The number of benzene rings is 1. The van der Waals surface area contributed by atoms with Crippen molar-refractivity contribution in [3.05, 3.63) is 51.9 Å². The molecule has 0 amide bonds. The Morgan fingerprint density at radius 1 is 1.25 bits per heavy atom. The molecule has 2 N–H and O–H groups in total. The topological polar surface area (TPSA) is 57.8 Å². The maximum absolute atomic E-state index is 11.8. The van der Waals surface area contributed by atoms with Crippen LogP contribution in [0.1, 0.15) is 32.0 Å². The van der Waals surface area contributed by atoms with Gasteiger partial charge in [-0.2, -0.15) is 0 Å². The van der Waals surface area contributed by atoms with Gasteiger partial charge in [0.15, 0.2) is 0 Å². The third-order valence-electron chi connectivity index (χ3n) is 2.89. The van der Waals surface area contributed by atoms with E-state index in [1.54, 1.807) is 0 Å². The Morgan fingerprint density at radius 2 is 2.00 bits per heavy atom. The molecule has 0 aliphatic rings. The van der Waals surface area contributed by atoms with Crippen LogP contribution in [0.25, 0.3) is 11.4 Å². The van der Waals surface area contributed by atoms with Crippen LogP contribution >= 0.6 is 0 Å². The second kappa shape index (κ2) is 5.59. The molecule has 0 aliphatic heterocycles. The maximum atomic E-state index is 11.8. The molecular weight excluding hydrogens is 250 g/mol. The summed E-state index contributed by atoms with van der Waals surface area (Å²) in [7, 11) is 0. The summed E-state index contributed by atoms with van der Waals surface area (Å²) >= 11 is 0. The molecule has 1 aromatic heterocycles. The molecule has 0 aliphatic carbocycles. The third kappa shape index (κ3) is 4.03. The van der Waals surface area contributed by atoms with Crippen LogP contribution in [0.3, 0.4) is 0 Å². The van der Waals surface area contributed by atoms with Crippen molar-refractivity contribution < 1.29 is 0 Å². The van der Waals surface area contributed by atoms with E-state index in [0.29, 0.717) is 12.4 Å². The minimum atomic E-state index is -0.123. The summed E-state index contributed by atoms with van der Waals surface area (Å²) in [6.45, 7) is 8.85. The second-order valence-electron chi connectivity index (χ2n) is 6.06. The predicted molar refractivity (Wildman–Crippen MR) is 81.6 cm³/mol. The van der Waals surface area contributed by atoms with Crippen molar-refractivity contribution in [1.29, 1.82) is 0 Å². The van der Waals surface area contributed by atoms with Gasteiger partial charge in [-0.25, -0.2) is 4.98 Å². The SMILES string of the molecule is Cc1cccc(-c2nc(CNC(C)(C)C)cc(=O)[nH]2)c1. The summed E-state index contributed by atoms with van der Waals surface area (Å²) in [5.74, 6) is 0.618. The maximum Gasteiger partial charge on any atom is 0.251 e. The van der Waals surface area contributed by atoms with E-state index in [4.69, 9.17) is 0 Å². The Kier molecular flexibility index (Phi) is 4.04. The van der Waals surface area contributed by atoms with Crippen LogP contribution < -0.4 is 10.9 Å². The standard InChI is InChI=1S/C16H21N3O/c1-11-6-5-7-12(8-11)15-18-13(9-14(20)19-15)10-17-16(2,3)4/h5-9,17H,10H2,1-4H3,(H,18,19,20). The number of nitrogens with zero attached hydrogens (tertiary/aromatic N) is 1. The van der Waals surface area contributed by atoms with E-state index in [2.05, 4.69) is 36.1 Å². The molecule has 2 rings (SSSR count). The Hall–Kier alpha value is -1.94. The van der Waals surface area contributed by atoms with E-state index in [1.165, 1.54) is 6.07 Å². The van der Waals surface area contributed by atoms with Gasteiger partial charge in [0.1, 0.15) is 5.82 Å². The molecule has 1 aromatic carbocycles. The van der Waals surface area contributed by atoms with Gasteiger partial charge < -0.3 is 10.3 Å². The normalized spacial score (nSPS) is 11.6. The smallest absolute Gasteiger partial charge is 0.251 e. The number of nitrogens with one attached hydrogen (secondary N) is 2. The highest BCUT2D eigenvalue weighted by molar-refractivity contribution is 5.55. The average Bonchev–Trinajstić information content (AvgIpc) is 2.35. The number of hydrogen-bond acceptors (Lipinski definition) is 3. The van der Waals surface area contributed by atoms with Gasteiger partial charge >= 0.3 is 0 Å². The number of rotatable bonds is 3. The summed E-state index contributed by atoms with van der Waals surface area (Å²) in [4.78, 5) is 19.1. The zero-order valence-corrected chi connectivity index (χ0v) is 12.4. The quantitative estimate of drug-likeness (QED) is 0.902. The Balaban J connectivity index is 2.32. The first-order valence-electron chi connectivity index (χ1n) is 6.76. The highest BCUT2D eigenvalue weighted by atomic mass is 16.1. The van der Waals surface area contributed by atoms with E-state index in [0.717, 1.165) is 16.8 Å². The molecule has 1 heterocycles. The first-order valence-corrected chi connectivity index (χ1v) is 6.76. The average molecular weight is 271 g/mol. The van der Waals surface area contributed by atoms with Crippen molar-refractivity contribution in [3.63, 3.8) is 0 Å². The van der Waals surface area contributed by atoms with Crippen LogP contribution in [-0.2, 0) is 6.54 Å². The van der Waals surface area contributed by atoms with Crippen molar-refractivity contribution in [3.8, 4) is 11.4 Å². The molecule has 0 fully saturated rings. The summed E-state index contributed by atoms with van der Waals surface area (Å²) in [5.41, 5.74) is 2.69. The molecule has 0 radical (unpaired) electrons. The van der Waals surface area contributed by atoms with Crippen LogP contribution in [0.5, 0.6) is 0 Å². The largest absolute Gasteiger partial charge is 0.307 e. The monoisotopic (exact) mass is 271 g/mol. The minimum Gasteiger partial charge on any atom is -0.307 e. The number of H-pyrrole nitrogens is 1. The van der Waals surface area contributed by atoms with E-state index in [1.807, 2.05) is 31.2 Å². The van der Waals surface area contributed by atoms with Crippen molar-refractivity contribution >= 4 is 0 Å². The molecule has 2 aromatic rings. The van der Waals surface area contributed by atoms with Gasteiger partial charge in [-0.3, -0.25) is 4.79 Å². The summed E-state index contributed by atoms with van der Waals surface area (Å²) in [6, 6.07) is 9.49. The zero-order valence-electron chi connectivity index (χ0n) is 12.4. The van der Waals surface area contributed by atoms with Gasteiger partial charge in [-0.05, 0) is 33.8 Å². The highest BCUT2D eigenvalue weighted by Crippen LogP contribution is 2.15. The molecule has 106 valence electrons. The minimum absolute atomic E-state index is 0.00617. The zero-order chi connectivity index (χ0) is 14.8. The van der Waals surface area contributed by atoms with Crippen molar-refractivity contribution in [2.24, 2.45) is 0 Å². The van der Waals surface area contributed by atoms with Crippen LogP contribution in [0.4, 0.5) is 0 Å². The lowest BCUT2D eigenvalue weighted by atomic mass is 10.1. The summed E-state index contributed by atoms with van der Waals surface area (Å²) in [5, 5.41) is 3.34. The van der Waals surface area contributed by atoms with Gasteiger partial charge in [0.05, 0.1) is 5.69 Å². The fourth-order valence-electron chi connectivity index (χ4n) is 1.88. The summed E-state index contributed by atoms with van der Waals surface area (Å²) in [6.07, 6.45) is 0. The van der Waals surface area contributed by atoms with Gasteiger partial charge in [0.2, 0.25) is 0 Å². The molecule has 4 heteroatoms. The first-order chi connectivity index (χ1) is 9.33.